The minimum atomic E-state index is 0.500. The highest BCUT2D eigenvalue weighted by Crippen LogP contribution is 2.31. The smallest absolute Gasteiger partial charge is 0.204 e. The van der Waals surface area contributed by atoms with Gasteiger partial charge in [0.05, 0.1) is 11.0 Å². The van der Waals surface area contributed by atoms with Gasteiger partial charge in [0.2, 0.25) is 5.95 Å². The number of aromatic nitrogens is 3. The van der Waals surface area contributed by atoms with E-state index in [2.05, 4.69) is 41.7 Å². The van der Waals surface area contributed by atoms with Crippen molar-refractivity contribution in [2.45, 2.75) is 40.2 Å². The summed E-state index contributed by atoms with van der Waals surface area (Å²) in [7, 11) is 0. The lowest BCUT2D eigenvalue weighted by molar-refractivity contribution is 0.536. The number of nitrogens with one attached hydrogen (secondary N) is 1. The molecule has 0 saturated heterocycles. The maximum absolute atomic E-state index is 6.18. The van der Waals surface area contributed by atoms with Gasteiger partial charge in [-0.1, -0.05) is 45.4 Å². The highest BCUT2D eigenvalue weighted by molar-refractivity contribution is 6.07. The second-order valence-corrected chi connectivity index (χ2v) is 6.43. The molecule has 0 atom stereocenters. The number of hydrogen-bond acceptors (Lipinski definition) is 4. The van der Waals surface area contributed by atoms with Gasteiger partial charge in [-0.05, 0) is 18.4 Å². The highest BCUT2D eigenvalue weighted by Gasteiger charge is 2.17. The molecule has 0 aliphatic rings. The Labute approximate surface area is 136 Å². The number of nitrogens with two attached hydrogens (primary N) is 1. The van der Waals surface area contributed by atoms with Crippen molar-refractivity contribution < 1.29 is 0 Å². The molecule has 0 unspecified atom stereocenters. The molecular formula is C18H25N5. The van der Waals surface area contributed by atoms with Crippen LogP contribution < -0.4 is 11.1 Å². The zero-order valence-electron chi connectivity index (χ0n) is 14.1. The average molecular weight is 311 g/mol. The number of hydrogen-bond donors (Lipinski definition) is 2. The van der Waals surface area contributed by atoms with Crippen LogP contribution in [0.4, 0.5) is 11.8 Å². The Balaban J connectivity index is 2.23. The quantitative estimate of drug-likeness (QED) is 0.674. The predicted octanol–water partition coefficient (Wildman–Crippen LogP) is 4.03. The van der Waals surface area contributed by atoms with E-state index >= 15 is 0 Å². The van der Waals surface area contributed by atoms with Crippen LogP contribution in [0, 0.1) is 5.92 Å². The Bertz CT molecular complexity index is 819. The van der Waals surface area contributed by atoms with Crippen LogP contribution in [0.5, 0.6) is 0 Å². The molecule has 0 radical (unpaired) electrons. The topological polar surface area (TPSA) is 68.8 Å². The van der Waals surface area contributed by atoms with Crippen molar-refractivity contribution in [3.63, 3.8) is 0 Å². The predicted molar refractivity (Wildman–Crippen MR) is 97.7 cm³/mol. The molecule has 0 amide bonds. The van der Waals surface area contributed by atoms with Crippen molar-refractivity contribution in [2.24, 2.45) is 5.92 Å². The fourth-order valence-electron chi connectivity index (χ4n) is 2.91. The number of pyridine rings is 1. The van der Waals surface area contributed by atoms with Crippen molar-refractivity contribution in [3.05, 3.63) is 24.3 Å². The maximum atomic E-state index is 6.18. The Hall–Kier alpha value is -2.30. The number of nitrogen functional groups attached to an aromatic ring is 1. The number of nitrogens with zero attached hydrogens (tertiary/aromatic N) is 3. The van der Waals surface area contributed by atoms with Gasteiger partial charge in [-0.3, -0.25) is 0 Å². The van der Waals surface area contributed by atoms with E-state index in [1.54, 1.807) is 0 Å². The largest absolute Gasteiger partial charge is 0.382 e. The second kappa shape index (κ2) is 6.44. The normalized spacial score (nSPS) is 11.7. The van der Waals surface area contributed by atoms with E-state index in [1.807, 2.05) is 18.2 Å². The molecule has 23 heavy (non-hydrogen) atoms. The van der Waals surface area contributed by atoms with Crippen molar-refractivity contribution in [1.82, 2.24) is 14.5 Å². The average Bonchev–Trinajstić information content (AvgIpc) is 2.87. The van der Waals surface area contributed by atoms with Gasteiger partial charge in [0, 0.05) is 18.5 Å². The Morgan fingerprint density at radius 1 is 1.22 bits per heavy atom. The first-order valence-corrected chi connectivity index (χ1v) is 8.40. The molecule has 0 bridgehead atoms. The maximum Gasteiger partial charge on any atom is 0.204 e. The van der Waals surface area contributed by atoms with E-state index in [4.69, 9.17) is 10.7 Å². The third-order valence-electron chi connectivity index (χ3n) is 3.97. The first-order valence-electron chi connectivity index (χ1n) is 8.40. The van der Waals surface area contributed by atoms with Crippen molar-refractivity contribution in [3.8, 4) is 0 Å². The number of para-hydroxylation sites is 1. The summed E-state index contributed by atoms with van der Waals surface area (Å²) < 4.78 is 2.26. The highest BCUT2D eigenvalue weighted by atomic mass is 15.2. The zero-order chi connectivity index (χ0) is 16.4. The molecule has 3 rings (SSSR count). The Morgan fingerprint density at radius 3 is 2.74 bits per heavy atom. The van der Waals surface area contributed by atoms with E-state index in [0.717, 1.165) is 53.8 Å². The lowest BCUT2D eigenvalue weighted by atomic mass is 10.1. The van der Waals surface area contributed by atoms with Crippen LogP contribution in [0.15, 0.2) is 24.3 Å². The van der Waals surface area contributed by atoms with Gasteiger partial charge in [-0.2, -0.15) is 0 Å². The third kappa shape index (κ3) is 2.96. The van der Waals surface area contributed by atoms with Gasteiger partial charge in [-0.25, -0.2) is 9.97 Å². The van der Waals surface area contributed by atoms with E-state index in [1.165, 1.54) is 0 Å². The third-order valence-corrected chi connectivity index (χ3v) is 3.97. The van der Waals surface area contributed by atoms with Crippen LogP contribution in [-0.4, -0.2) is 21.1 Å². The van der Waals surface area contributed by atoms with E-state index in [9.17, 15) is 0 Å². The summed E-state index contributed by atoms with van der Waals surface area (Å²) in [5.74, 6) is 1.92. The molecule has 5 nitrogen and oxygen atoms in total. The molecule has 5 heteroatoms. The van der Waals surface area contributed by atoms with Crippen LogP contribution in [-0.2, 0) is 6.54 Å². The number of anilines is 2. The van der Waals surface area contributed by atoms with Crippen LogP contribution >= 0.6 is 0 Å². The fraction of sp³-hybridized carbons (Fsp3) is 0.444. The van der Waals surface area contributed by atoms with Gasteiger partial charge >= 0.3 is 0 Å². The van der Waals surface area contributed by atoms with E-state index in [0.29, 0.717) is 11.7 Å². The molecular weight excluding hydrogens is 286 g/mol. The number of imidazole rings is 1. The Morgan fingerprint density at radius 2 is 2.00 bits per heavy atom. The number of fused-ring (bicyclic) bond motifs is 3. The molecule has 2 aromatic heterocycles. The van der Waals surface area contributed by atoms with Crippen molar-refractivity contribution in [2.75, 3.05) is 17.6 Å². The van der Waals surface area contributed by atoms with Crippen molar-refractivity contribution in [1.29, 1.82) is 0 Å². The van der Waals surface area contributed by atoms with Crippen LogP contribution in [0.2, 0.25) is 0 Å². The molecule has 0 aliphatic carbocycles. The minimum Gasteiger partial charge on any atom is -0.382 e. The van der Waals surface area contributed by atoms with Gasteiger partial charge in [-0.15, -0.1) is 0 Å². The summed E-state index contributed by atoms with van der Waals surface area (Å²) in [5, 5.41) is 4.57. The molecule has 0 saturated carbocycles. The molecule has 3 N–H and O–H groups in total. The summed E-state index contributed by atoms with van der Waals surface area (Å²) in [6.45, 7) is 8.44. The van der Waals surface area contributed by atoms with Gasteiger partial charge in [0.1, 0.15) is 5.52 Å². The SMILES string of the molecule is CCCCNc1nc2c(N)nc3ccccc3c2n1CC(C)C. The first kappa shape index (κ1) is 15.6. The second-order valence-electron chi connectivity index (χ2n) is 6.43. The number of benzene rings is 1. The Kier molecular flexibility index (Phi) is 4.37. The molecule has 0 spiro atoms. The number of unbranched alkanes of at least 4 members (excludes halogenated alkanes) is 1. The molecule has 3 aromatic rings. The van der Waals surface area contributed by atoms with Crippen LogP contribution in [0.25, 0.3) is 21.9 Å². The van der Waals surface area contributed by atoms with Crippen molar-refractivity contribution >= 4 is 33.7 Å². The summed E-state index contributed by atoms with van der Waals surface area (Å²) in [5.41, 5.74) is 8.97. The molecule has 0 aliphatic heterocycles. The fourth-order valence-corrected chi connectivity index (χ4v) is 2.91. The van der Waals surface area contributed by atoms with Gasteiger partial charge < -0.3 is 15.6 Å². The summed E-state index contributed by atoms with van der Waals surface area (Å²) >= 11 is 0. The molecule has 0 fully saturated rings. The monoisotopic (exact) mass is 311 g/mol. The van der Waals surface area contributed by atoms with Gasteiger partial charge in [0.25, 0.3) is 0 Å². The van der Waals surface area contributed by atoms with Gasteiger partial charge in [0.15, 0.2) is 5.82 Å². The van der Waals surface area contributed by atoms with E-state index < -0.39 is 0 Å². The molecule has 2 heterocycles. The van der Waals surface area contributed by atoms with Crippen LogP contribution in [0.3, 0.4) is 0 Å². The van der Waals surface area contributed by atoms with Crippen LogP contribution in [0.1, 0.15) is 33.6 Å². The summed E-state index contributed by atoms with van der Waals surface area (Å²) in [6, 6.07) is 8.13. The summed E-state index contributed by atoms with van der Waals surface area (Å²) in [4.78, 5) is 9.26. The minimum absolute atomic E-state index is 0.500. The first-order chi connectivity index (χ1) is 11.1. The molecule has 122 valence electrons. The van der Waals surface area contributed by atoms with E-state index in [-0.39, 0.29) is 0 Å². The lowest BCUT2D eigenvalue weighted by Crippen LogP contribution is -2.11. The molecule has 1 aromatic carbocycles. The summed E-state index contributed by atoms with van der Waals surface area (Å²) in [6.07, 6.45) is 2.28. The number of rotatable bonds is 6. The lowest BCUT2D eigenvalue weighted by Gasteiger charge is -2.13. The zero-order valence-corrected chi connectivity index (χ0v) is 14.1. The standard InChI is InChI=1S/C18H25N5/c1-4-5-10-20-18-22-15-16(23(18)11-12(2)3)13-8-6-7-9-14(13)21-17(15)19/h6-9,12H,4-5,10-11H2,1-3H3,(H2,19,21)(H,20,22).